The molecule has 0 aliphatic heterocycles. The zero-order valence-electron chi connectivity index (χ0n) is 11.2. The van der Waals surface area contributed by atoms with Crippen LogP contribution >= 0.6 is 23.2 Å². The van der Waals surface area contributed by atoms with E-state index in [-0.39, 0.29) is 27.2 Å². The van der Waals surface area contributed by atoms with Crippen LogP contribution in [0.2, 0.25) is 10.0 Å². The van der Waals surface area contributed by atoms with Gasteiger partial charge in [-0.25, -0.2) is 4.79 Å². The highest BCUT2D eigenvalue weighted by atomic mass is 35.5. The SMILES string of the molecule is O=C(Nc1cccc(C(F)(F)F)c1)Nc1cc(Cl)c(O)c(Cl)c1. The van der Waals surface area contributed by atoms with E-state index < -0.39 is 17.8 Å². The second-order valence-corrected chi connectivity index (χ2v) is 5.26. The van der Waals surface area contributed by atoms with Crippen molar-refractivity contribution in [3.05, 3.63) is 52.0 Å². The van der Waals surface area contributed by atoms with Crippen molar-refractivity contribution in [2.24, 2.45) is 0 Å². The molecule has 0 aromatic heterocycles. The van der Waals surface area contributed by atoms with Crippen molar-refractivity contribution in [1.82, 2.24) is 0 Å². The Morgan fingerprint density at radius 3 is 2.13 bits per heavy atom. The van der Waals surface area contributed by atoms with Crippen LogP contribution in [-0.2, 0) is 6.18 Å². The Kier molecular flexibility index (Phi) is 4.91. The van der Waals surface area contributed by atoms with E-state index in [4.69, 9.17) is 23.2 Å². The quantitative estimate of drug-likeness (QED) is 0.628. The number of carbonyl (C=O) groups is 1. The van der Waals surface area contributed by atoms with Crippen LogP contribution in [-0.4, -0.2) is 11.1 Å². The van der Waals surface area contributed by atoms with Crippen molar-refractivity contribution in [3.63, 3.8) is 0 Å². The van der Waals surface area contributed by atoms with Crippen LogP contribution in [0.4, 0.5) is 29.3 Å². The standard InChI is InChI=1S/C14H9Cl2F3N2O2/c15-10-5-9(6-11(16)12(10)22)21-13(23)20-8-3-1-2-7(4-8)14(17,18)19/h1-6,22H,(H2,20,21,23). The number of alkyl halides is 3. The Hall–Kier alpha value is -2.12. The van der Waals surface area contributed by atoms with Crippen molar-refractivity contribution >= 4 is 40.6 Å². The summed E-state index contributed by atoms with van der Waals surface area (Å²) in [5.41, 5.74) is -0.749. The zero-order valence-corrected chi connectivity index (χ0v) is 12.7. The molecule has 0 saturated heterocycles. The highest BCUT2D eigenvalue weighted by Crippen LogP contribution is 2.35. The monoisotopic (exact) mass is 364 g/mol. The first kappa shape index (κ1) is 17.2. The molecular weight excluding hydrogens is 356 g/mol. The molecule has 0 bridgehead atoms. The van der Waals surface area contributed by atoms with Crippen LogP contribution in [0.1, 0.15) is 5.56 Å². The van der Waals surface area contributed by atoms with Crippen molar-refractivity contribution in [2.45, 2.75) is 6.18 Å². The van der Waals surface area contributed by atoms with Gasteiger partial charge in [0.15, 0.2) is 5.75 Å². The number of phenols is 1. The second-order valence-electron chi connectivity index (χ2n) is 4.45. The molecule has 0 heterocycles. The van der Waals surface area contributed by atoms with E-state index in [1.807, 2.05) is 0 Å². The molecule has 0 fully saturated rings. The summed E-state index contributed by atoms with van der Waals surface area (Å²) in [6, 6.07) is 5.88. The topological polar surface area (TPSA) is 61.4 Å². The summed E-state index contributed by atoms with van der Waals surface area (Å²) in [7, 11) is 0. The maximum Gasteiger partial charge on any atom is 0.416 e. The molecule has 9 heteroatoms. The molecule has 122 valence electrons. The van der Waals surface area contributed by atoms with E-state index in [9.17, 15) is 23.1 Å². The fourth-order valence-corrected chi connectivity index (χ4v) is 2.19. The number of urea groups is 1. The van der Waals surface area contributed by atoms with Crippen LogP contribution in [0.15, 0.2) is 36.4 Å². The van der Waals surface area contributed by atoms with E-state index in [0.29, 0.717) is 0 Å². The highest BCUT2D eigenvalue weighted by molar-refractivity contribution is 6.37. The maximum atomic E-state index is 12.6. The van der Waals surface area contributed by atoms with Gasteiger partial charge in [-0.2, -0.15) is 13.2 Å². The maximum absolute atomic E-state index is 12.6. The van der Waals surface area contributed by atoms with Crippen LogP contribution in [0, 0.1) is 0 Å². The number of carbonyl (C=O) groups excluding carboxylic acids is 1. The molecule has 0 spiro atoms. The number of hydrogen-bond acceptors (Lipinski definition) is 2. The normalized spacial score (nSPS) is 11.2. The molecule has 23 heavy (non-hydrogen) atoms. The van der Waals surface area contributed by atoms with E-state index in [1.165, 1.54) is 24.3 Å². The number of aromatic hydroxyl groups is 1. The molecule has 0 saturated carbocycles. The molecule has 0 unspecified atom stereocenters. The Labute approximate surface area is 138 Å². The van der Waals surface area contributed by atoms with Gasteiger partial charge in [0.25, 0.3) is 0 Å². The summed E-state index contributed by atoms with van der Waals surface area (Å²) in [6.07, 6.45) is -4.51. The van der Waals surface area contributed by atoms with E-state index in [1.54, 1.807) is 0 Å². The molecule has 2 rings (SSSR count). The Bertz CT molecular complexity index is 728. The van der Waals surface area contributed by atoms with Gasteiger partial charge in [0.1, 0.15) is 0 Å². The molecule has 2 aromatic rings. The first-order chi connectivity index (χ1) is 10.7. The zero-order chi connectivity index (χ0) is 17.2. The molecule has 2 aromatic carbocycles. The van der Waals surface area contributed by atoms with Crippen molar-refractivity contribution in [3.8, 4) is 5.75 Å². The second kappa shape index (κ2) is 6.55. The van der Waals surface area contributed by atoms with Gasteiger partial charge in [-0.05, 0) is 30.3 Å². The Balaban J connectivity index is 2.11. The van der Waals surface area contributed by atoms with Gasteiger partial charge in [-0.15, -0.1) is 0 Å². The summed E-state index contributed by atoms with van der Waals surface area (Å²) in [5.74, 6) is -0.336. The number of nitrogens with one attached hydrogen (secondary N) is 2. The predicted octanol–water partition coefficient (Wildman–Crippen LogP) is 5.36. The van der Waals surface area contributed by atoms with Crippen LogP contribution < -0.4 is 10.6 Å². The largest absolute Gasteiger partial charge is 0.505 e. The van der Waals surface area contributed by atoms with Crippen molar-refractivity contribution in [2.75, 3.05) is 10.6 Å². The third-order valence-corrected chi connectivity index (χ3v) is 3.30. The minimum absolute atomic E-state index is 0.0340. The minimum atomic E-state index is -4.51. The fraction of sp³-hybridized carbons (Fsp3) is 0.0714. The molecule has 3 N–H and O–H groups in total. The number of phenolic OH excluding ortho intramolecular Hbond substituents is 1. The van der Waals surface area contributed by atoms with Gasteiger partial charge < -0.3 is 15.7 Å². The van der Waals surface area contributed by atoms with Gasteiger partial charge in [-0.1, -0.05) is 29.3 Å². The van der Waals surface area contributed by atoms with Gasteiger partial charge in [-0.3, -0.25) is 0 Å². The highest BCUT2D eigenvalue weighted by Gasteiger charge is 2.30. The van der Waals surface area contributed by atoms with E-state index in [2.05, 4.69) is 10.6 Å². The molecule has 4 nitrogen and oxygen atoms in total. The van der Waals surface area contributed by atoms with Crippen LogP contribution in [0.25, 0.3) is 0 Å². The first-order valence-electron chi connectivity index (χ1n) is 6.10. The summed E-state index contributed by atoms with van der Waals surface area (Å²) >= 11 is 11.4. The third-order valence-electron chi connectivity index (χ3n) is 2.72. The summed E-state index contributed by atoms with van der Waals surface area (Å²) in [5, 5.41) is 13.9. The van der Waals surface area contributed by atoms with Crippen LogP contribution in [0.5, 0.6) is 5.75 Å². The van der Waals surface area contributed by atoms with Gasteiger partial charge >= 0.3 is 12.2 Å². The average Bonchev–Trinajstić information content (AvgIpc) is 2.44. The summed E-state index contributed by atoms with van der Waals surface area (Å²) < 4.78 is 37.8. The summed E-state index contributed by atoms with van der Waals surface area (Å²) in [6.45, 7) is 0. The number of amides is 2. The van der Waals surface area contributed by atoms with E-state index in [0.717, 1.165) is 12.1 Å². The first-order valence-corrected chi connectivity index (χ1v) is 6.85. The van der Waals surface area contributed by atoms with Crippen LogP contribution in [0.3, 0.4) is 0 Å². The van der Waals surface area contributed by atoms with Gasteiger partial charge in [0.05, 0.1) is 15.6 Å². The lowest BCUT2D eigenvalue weighted by atomic mass is 10.2. The third kappa shape index (κ3) is 4.43. The van der Waals surface area contributed by atoms with Gasteiger partial charge in [0, 0.05) is 11.4 Å². The lowest BCUT2D eigenvalue weighted by molar-refractivity contribution is -0.137. The number of benzene rings is 2. The van der Waals surface area contributed by atoms with Crippen molar-refractivity contribution < 1.29 is 23.1 Å². The predicted molar refractivity (Wildman–Crippen MR) is 82.2 cm³/mol. The molecule has 0 atom stereocenters. The number of hydrogen-bond donors (Lipinski definition) is 3. The summed E-state index contributed by atoms with van der Waals surface area (Å²) in [4.78, 5) is 11.8. The Morgan fingerprint density at radius 1 is 1.00 bits per heavy atom. The van der Waals surface area contributed by atoms with Crippen molar-refractivity contribution in [1.29, 1.82) is 0 Å². The lowest BCUT2D eigenvalue weighted by Crippen LogP contribution is -2.19. The number of rotatable bonds is 2. The molecule has 0 aliphatic carbocycles. The lowest BCUT2D eigenvalue weighted by Gasteiger charge is -2.11. The smallest absolute Gasteiger partial charge is 0.416 e. The molecule has 0 radical (unpaired) electrons. The molecule has 0 aliphatic rings. The number of anilines is 2. The molecular formula is C14H9Cl2F3N2O2. The average molecular weight is 365 g/mol. The number of halogens is 5. The fourth-order valence-electron chi connectivity index (χ4n) is 1.70. The Morgan fingerprint density at radius 2 is 1.57 bits per heavy atom. The van der Waals surface area contributed by atoms with Gasteiger partial charge in [0.2, 0.25) is 0 Å². The molecule has 2 amide bonds. The van der Waals surface area contributed by atoms with E-state index >= 15 is 0 Å². The minimum Gasteiger partial charge on any atom is -0.505 e.